The van der Waals surface area contributed by atoms with Gasteiger partial charge in [0.2, 0.25) is 11.8 Å². The van der Waals surface area contributed by atoms with Crippen LogP contribution in [-0.4, -0.2) is 93.8 Å². The number of aliphatic hydroxyl groups excluding tert-OH is 3. The summed E-state index contributed by atoms with van der Waals surface area (Å²) in [5, 5.41) is 47.0. The van der Waals surface area contributed by atoms with E-state index in [0.717, 1.165) is 49.7 Å². The minimum Gasteiger partial charge on any atom is -0.476 e. The fourth-order valence-corrected chi connectivity index (χ4v) is 9.01. The van der Waals surface area contributed by atoms with E-state index < -0.39 is 55.2 Å². The van der Waals surface area contributed by atoms with Crippen LogP contribution in [-0.2, 0) is 37.0 Å². The highest BCUT2D eigenvalue weighted by atomic mass is 16.6. The maximum absolute atomic E-state index is 14.3. The molecule has 69 heavy (non-hydrogen) atoms. The van der Waals surface area contributed by atoms with Crippen molar-refractivity contribution in [3.8, 4) is 0 Å². The average molecular weight is 965 g/mol. The third kappa shape index (κ3) is 25.6. The van der Waals surface area contributed by atoms with Gasteiger partial charge < -0.3 is 45.1 Å². The largest absolute Gasteiger partial charge is 0.476 e. The van der Waals surface area contributed by atoms with E-state index in [0.29, 0.717) is 19.4 Å². The monoisotopic (exact) mass is 965 g/mol. The molecule has 0 aliphatic carbocycles. The molecule has 6 N–H and O–H groups in total. The number of nitrogens with one attached hydrogen (secondary N) is 3. The van der Waals surface area contributed by atoms with Crippen LogP contribution < -0.4 is 10.6 Å². The van der Waals surface area contributed by atoms with Gasteiger partial charge in [0.05, 0.1) is 6.61 Å². The number of carbonyl (C=O) groups is 3. The van der Waals surface area contributed by atoms with Gasteiger partial charge in [-0.3, -0.25) is 15.0 Å². The summed E-state index contributed by atoms with van der Waals surface area (Å²) in [5.41, 5.74) is 1.62. The van der Waals surface area contributed by atoms with Crippen LogP contribution >= 0.6 is 0 Å². The van der Waals surface area contributed by atoms with E-state index in [1.54, 1.807) is 17.0 Å². The molecule has 0 unspecified atom stereocenters. The third-order valence-corrected chi connectivity index (χ3v) is 13.3. The molecule has 0 saturated carbocycles. The Morgan fingerprint density at radius 3 is 1.55 bits per heavy atom. The topological polar surface area (TPSA) is 191 Å². The van der Waals surface area contributed by atoms with Gasteiger partial charge in [0.25, 0.3) is 0 Å². The summed E-state index contributed by atoms with van der Waals surface area (Å²) in [5.74, 6) is -1.01. The van der Waals surface area contributed by atoms with Crippen molar-refractivity contribution < 1.29 is 43.9 Å². The highest BCUT2D eigenvalue weighted by molar-refractivity contribution is 5.87. The zero-order chi connectivity index (χ0) is 49.7. The number of carbonyl (C=O) groups excluding carboxylic acids is 3. The lowest BCUT2D eigenvalue weighted by atomic mass is 9.94. The molecule has 0 radical (unpaired) electrons. The molecular weight excluding hydrogens is 873 g/mol. The summed E-state index contributed by atoms with van der Waals surface area (Å²) in [7, 11) is 0. The third-order valence-electron chi connectivity index (χ3n) is 13.3. The van der Waals surface area contributed by atoms with E-state index in [1.807, 2.05) is 48.5 Å². The van der Waals surface area contributed by atoms with Crippen molar-refractivity contribution in [1.29, 1.82) is 5.41 Å². The molecule has 1 aliphatic rings. The molecule has 390 valence electrons. The number of alkyl carbamates (subject to hydrolysis) is 1. The lowest BCUT2D eigenvalue weighted by Gasteiger charge is -2.47. The van der Waals surface area contributed by atoms with Gasteiger partial charge in [-0.2, -0.15) is 0 Å². The van der Waals surface area contributed by atoms with Crippen molar-refractivity contribution in [1.82, 2.24) is 15.5 Å². The average Bonchev–Trinajstić information content (AvgIpc) is 3.36. The van der Waals surface area contributed by atoms with Gasteiger partial charge in [-0.15, -0.1) is 0 Å². The second kappa shape index (κ2) is 37.7. The molecule has 1 saturated heterocycles. The summed E-state index contributed by atoms with van der Waals surface area (Å²) in [6.07, 6.45) is 22.9. The molecule has 13 heteroatoms. The second-order valence-electron chi connectivity index (χ2n) is 19.2. The quantitative estimate of drug-likeness (QED) is 0.0215. The minimum absolute atomic E-state index is 0.0190. The summed E-state index contributed by atoms with van der Waals surface area (Å²) in [6.45, 7) is 4.27. The van der Waals surface area contributed by atoms with Crippen molar-refractivity contribution in [2.75, 3.05) is 13.2 Å². The zero-order valence-corrected chi connectivity index (χ0v) is 42.6. The molecule has 0 spiro atoms. The predicted molar refractivity (Wildman–Crippen MR) is 275 cm³/mol. The number of aliphatic hydroxyl groups is 3. The van der Waals surface area contributed by atoms with Crippen molar-refractivity contribution in [2.45, 2.75) is 243 Å². The summed E-state index contributed by atoms with van der Waals surface area (Å²) < 4.78 is 17.4. The van der Waals surface area contributed by atoms with Crippen molar-refractivity contribution in [3.05, 3.63) is 71.8 Å². The van der Waals surface area contributed by atoms with Gasteiger partial charge >= 0.3 is 6.09 Å². The van der Waals surface area contributed by atoms with Crippen LogP contribution in [0.2, 0.25) is 0 Å². The van der Waals surface area contributed by atoms with E-state index in [4.69, 9.17) is 19.6 Å². The Balaban J connectivity index is 1.69. The van der Waals surface area contributed by atoms with E-state index in [-0.39, 0.29) is 44.3 Å². The van der Waals surface area contributed by atoms with Crippen LogP contribution in [0.5, 0.6) is 0 Å². The summed E-state index contributed by atoms with van der Waals surface area (Å²) >= 11 is 0. The lowest BCUT2D eigenvalue weighted by Crippen LogP contribution is -2.70. The van der Waals surface area contributed by atoms with Gasteiger partial charge in [-0.1, -0.05) is 222 Å². The van der Waals surface area contributed by atoms with Gasteiger partial charge in [0, 0.05) is 19.4 Å². The van der Waals surface area contributed by atoms with E-state index in [2.05, 4.69) is 24.5 Å². The molecule has 2 aromatic rings. The van der Waals surface area contributed by atoms with Crippen LogP contribution in [0, 0.1) is 5.41 Å². The standard InChI is InChI=1S/C56H92N4O9/c1-3-5-7-9-11-13-15-16-17-18-19-20-22-24-32-38-50(62)60(41-33-25-23-21-14-12-10-8-6-4-2)55-51(53(64)52(63)48(42-61)69-55)59-54(65)47(58-56(66)68-44-46-36-30-27-31-37-46)39-40-49(57)67-43-45-34-28-26-29-35-45/h26-31,34-37,47-48,51-53,55,57,61,63-64H,3-25,32-33,38-44H2,1-2H3,(H,58,66)(H,59,65)/t47-,48+,51+,52+,53+,55+/m0/s1. The van der Waals surface area contributed by atoms with Gasteiger partial charge in [0.15, 0.2) is 12.1 Å². The van der Waals surface area contributed by atoms with Crippen molar-refractivity contribution >= 4 is 23.8 Å². The van der Waals surface area contributed by atoms with E-state index in [9.17, 15) is 29.7 Å². The molecule has 2 aromatic carbocycles. The number of benzene rings is 2. The Labute approximate surface area is 415 Å². The number of ether oxygens (including phenoxy) is 3. The first kappa shape index (κ1) is 59.3. The first-order chi connectivity index (χ1) is 33.7. The highest BCUT2D eigenvalue weighted by Crippen LogP contribution is 2.27. The zero-order valence-electron chi connectivity index (χ0n) is 42.6. The van der Waals surface area contributed by atoms with E-state index in [1.165, 1.54) is 109 Å². The van der Waals surface area contributed by atoms with Crippen LogP contribution in [0.15, 0.2) is 60.7 Å². The first-order valence-corrected chi connectivity index (χ1v) is 27.1. The SMILES string of the molecule is CCCCCCCCCCCCCCCCCC(=O)N(CCCCCCCCCCCC)[C@@H]1O[C@H](CO)[C@@H](O)[C@H](O)[C@H]1NC(=O)[C@H](CCC(=N)OCc1ccccc1)NC(=O)OCc1ccccc1. The Morgan fingerprint density at radius 2 is 1.07 bits per heavy atom. The van der Waals surface area contributed by atoms with Gasteiger partial charge in [0.1, 0.15) is 43.6 Å². The number of hydrogen-bond donors (Lipinski definition) is 6. The van der Waals surface area contributed by atoms with Crippen LogP contribution in [0.3, 0.4) is 0 Å². The van der Waals surface area contributed by atoms with Crippen LogP contribution in [0.1, 0.15) is 205 Å². The summed E-state index contributed by atoms with van der Waals surface area (Å²) in [6, 6.07) is 15.9. The number of nitrogens with zero attached hydrogens (tertiary/aromatic N) is 1. The molecule has 0 bridgehead atoms. The molecule has 6 atom stereocenters. The van der Waals surface area contributed by atoms with Gasteiger partial charge in [-0.25, -0.2) is 4.79 Å². The second-order valence-corrected chi connectivity index (χ2v) is 19.2. The number of unbranched alkanes of at least 4 members (excludes halogenated alkanes) is 23. The molecular formula is C56H92N4O9. The highest BCUT2D eigenvalue weighted by Gasteiger charge is 2.48. The van der Waals surface area contributed by atoms with E-state index >= 15 is 0 Å². The Bertz CT molecular complexity index is 1640. The van der Waals surface area contributed by atoms with Crippen molar-refractivity contribution in [3.63, 3.8) is 0 Å². The minimum atomic E-state index is -1.63. The first-order valence-electron chi connectivity index (χ1n) is 27.1. The van der Waals surface area contributed by atoms with Crippen molar-refractivity contribution in [2.24, 2.45) is 0 Å². The Morgan fingerprint density at radius 1 is 0.623 bits per heavy atom. The molecule has 13 nitrogen and oxygen atoms in total. The summed E-state index contributed by atoms with van der Waals surface area (Å²) in [4.78, 5) is 43.4. The molecule has 3 rings (SSSR count). The maximum Gasteiger partial charge on any atom is 0.408 e. The van der Waals surface area contributed by atoms with Gasteiger partial charge in [-0.05, 0) is 30.4 Å². The number of hydrogen-bond acceptors (Lipinski definition) is 10. The smallest absolute Gasteiger partial charge is 0.408 e. The number of amides is 3. The molecule has 1 fully saturated rings. The normalized spacial score (nSPS) is 18.3. The molecule has 1 aliphatic heterocycles. The molecule has 3 amide bonds. The number of rotatable bonds is 39. The lowest BCUT2D eigenvalue weighted by molar-refractivity contribution is -0.231. The van der Waals surface area contributed by atoms with Crippen LogP contribution in [0.4, 0.5) is 4.79 Å². The Kier molecular flexibility index (Phi) is 32.4. The van der Waals surface area contributed by atoms with Crippen LogP contribution in [0.25, 0.3) is 0 Å². The fraction of sp³-hybridized carbons (Fsp3) is 0.714. The predicted octanol–water partition coefficient (Wildman–Crippen LogP) is 11.2. The molecule has 1 heterocycles. The Hall–Kier alpha value is -4.04. The molecule has 0 aromatic heterocycles. The fourth-order valence-electron chi connectivity index (χ4n) is 9.01. The maximum atomic E-state index is 14.3.